The number of nitrogens with zero attached hydrogens (tertiary/aromatic N) is 1. The van der Waals surface area contributed by atoms with Gasteiger partial charge < -0.3 is 14.8 Å². The van der Waals surface area contributed by atoms with Crippen LogP contribution in [0.4, 0.5) is 5.69 Å². The van der Waals surface area contributed by atoms with Crippen LogP contribution in [0.5, 0.6) is 11.5 Å². The number of hydrogen-bond donors (Lipinski definition) is 1. The molecule has 0 radical (unpaired) electrons. The van der Waals surface area contributed by atoms with Gasteiger partial charge in [0.15, 0.2) is 11.5 Å². The summed E-state index contributed by atoms with van der Waals surface area (Å²) in [5.74, 6) is 0.949. The summed E-state index contributed by atoms with van der Waals surface area (Å²) in [4.78, 5) is 12.5. The minimum absolute atomic E-state index is 0.0446. The smallest absolute Gasteiger partial charge is 0.255 e. The van der Waals surface area contributed by atoms with Crippen LogP contribution in [0.2, 0.25) is 0 Å². The molecule has 0 atom stereocenters. The van der Waals surface area contributed by atoms with Crippen LogP contribution in [0.15, 0.2) is 42.5 Å². The Bertz CT molecular complexity index is 983. The lowest BCUT2D eigenvalue weighted by atomic mass is 10.1. The maximum Gasteiger partial charge on any atom is 0.255 e. The first-order chi connectivity index (χ1) is 14.0. The standard InChI is InChI=1S/C21H24N2O5S/c24-21(22-18-8-9-19-20(14-18)28-13-12-27-19)17-6-4-16(5-7-17)15-29(25,26)23-10-2-1-3-11-23/h4-9,14H,1-3,10-13,15H2,(H,22,24). The second-order valence-corrected chi connectivity index (χ2v) is 9.19. The minimum Gasteiger partial charge on any atom is -0.486 e. The molecule has 7 nitrogen and oxygen atoms in total. The molecule has 8 heteroatoms. The van der Waals surface area contributed by atoms with Crippen LogP contribution in [0.1, 0.15) is 35.2 Å². The fraction of sp³-hybridized carbons (Fsp3) is 0.381. The van der Waals surface area contributed by atoms with Gasteiger partial charge in [0, 0.05) is 30.4 Å². The van der Waals surface area contributed by atoms with Gasteiger partial charge in [0.05, 0.1) is 5.75 Å². The summed E-state index contributed by atoms with van der Waals surface area (Å²) in [6, 6.07) is 11.9. The number of nitrogens with one attached hydrogen (secondary N) is 1. The zero-order chi connectivity index (χ0) is 20.3. The van der Waals surface area contributed by atoms with E-state index in [0.29, 0.717) is 54.6 Å². The summed E-state index contributed by atoms with van der Waals surface area (Å²) in [5, 5.41) is 2.83. The Kier molecular flexibility index (Phi) is 5.73. The lowest BCUT2D eigenvalue weighted by molar-refractivity contribution is 0.102. The molecule has 0 unspecified atom stereocenters. The highest BCUT2D eigenvalue weighted by Crippen LogP contribution is 2.32. The van der Waals surface area contributed by atoms with Gasteiger partial charge in [-0.25, -0.2) is 12.7 Å². The van der Waals surface area contributed by atoms with Gasteiger partial charge in [-0.3, -0.25) is 4.79 Å². The van der Waals surface area contributed by atoms with Crippen molar-refractivity contribution in [3.63, 3.8) is 0 Å². The van der Waals surface area contributed by atoms with Crippen molar-refractivity contribution in [2.45, 2.75) is 25.0 Å². The van der Waals surface area contributed by atoms with Gasteiger partial charge in [0.2, 0.25) is 10.0 Å². The third-order valence-corrected chi connectivity index (χ3v) is 6.92. The molecule has 4 rings (SSSR count). The fourth-order valence-electron chi connectivity index (χ4n) is 3.52. The topological polar surface area (TPSA) is 84.9 Å². The molecule has 2 aromatic carbocycles. The van der Waals surface area contributed by atoms with Gasteiger partial charge in [-0.2, -0.15) is 0 Å². The lowest BCUT2D eigenvalue weighted by Gasteiger charge is -2.25. The first kappa shape index (κ1) is 19.7. The van der Waals surface area contributed by atoms with Crippen LogP contribution < -0.4 is 14.8 Å². The fourth-order valence-corrected chi connectivity index (χ4v) is 5.13. The second kappa shape index (κ2) is 8.42. The molecule has 0 spiro atoms. The first-order valence-electron chi connectivity index (χ1n) is 9.79. The quantitative estimate of drug-likeness (QED) is 0.810. The Morgan fingerprint density at radius 3 is 2.34 bits per heavy atom. The maximum absolute atomic E-state index is 12.6. The average molecular weight is 416 g/mol. The normalized spacial score (nSPS) is 17.0. The maximum atomic E-state index is 12.6. The Morgan fingerprint density at radius 2 is 1.62 bits per heavy atom. The highest BCUT2D eigenvalue weighted by molar-refractivity contribution is 7.88. The highest BCUT2D eigenvalue weighted by atomic mass is 32.2. The SMILES string of the molecule is O=C(Nc1ccc2c(c1)OCCO2)c1ccc(CS(=O)(=O)N2CCCCC2)cc1. The van der Waals surface area contributed by atoms with Gasteiger partial charge in [0.1, 0.15) is 13.2 Å². The number of benzene rings is 2. The van der Waals surface area contributed by atoms with Crippen molar-refractivity contribution in [3.05, 3.63) is 53.6 Å². The van der Waals surface area contributed by atoms with E-state index in [2.05, 4.69) is 5.32 Å². The van der Waals surface area contributed by atoms with Crippen molar-refractivity contribution >= 4 is 21.6 Å². The van der Waals surface area contributed by atoms with Crippen LogP contribution in [0.25, 0.3) is 0 Å². The summed E-state index contributed by atoms with van der Waals surface area (Å²) in [6.45, 7) is 2.18. The first-order valence-corrected chi connectivity index (χ1v) is 11.4. The molecule has 2 aromatic rings. The van der Waals surface area contributed by atoms with Crippen molar-refractivity contribution in [1.29, 1.82) is 0 Å². The van der Waals surface area contributed by atoms with Crippen LogP contribution in [0, 0.1) is 0 Å². The molecule has 1 N–H and O–H groups in total. The zero-order valence-electron chi connectivity index (χ0n) is 16.1. The molecule has 1 fully saturated rings. The Morgan fingerprint density at radius 1 is 0.931 bits per heavy atom. The Labute approximate surface area is 170 Å². The molecule has 0 saturated carbocycles. The molecule has 2 aliphatic rings. The van der Waals surface area contributed by atoms with Crippen molar-refractivity contribution < 1.29 is 22.7 Å². The van der Waals surface area contributed by atoms with Gasteiger partial charge in [-0.1, -0.05) is 18.6 Å². The number of rotatable bonds is 5. The van der Waals surface area contributed by atoms with Crippen LogP contribution in [0.3, 0.4) is 0 Å². The van der Waals surface area contributed by atoms with E-state index >= 15 is 0 Å². The predicted octanol–water partition coefficient (Wildman–Crippen LogP) is 3.03. The Hall–Kier alpha value is -2.58. The van der Waals surface area contributed by atoms with Crippen LogP contribution in [-0.4, -0.2) is 44.9 Å². The summed E-state index contributed by atoms with van der Waals surface area (Å²) in [7, 11) is -3.32. The Balaban J connectivity index is 1.40. The molecule has 0 bridgehead atoms. The molecule has 1 saturated heterocycles. The number of piperidine rings is 1. The number of hydrogen-bond acceptors (Lipinski definition) is 5. The summed E-state index contributed by atoms with van der Waals surface area (Å²) in [5.41, 5.74) is 1.74. The van der Waals surface area contributed by atoms with Gasteiger partial charge >= 0.3 is 0 Å². The lowest BCUT2D eigenvalue weighted by Crippen LogP contribution is -2.36. The summed E-state index contributed by atoms with van der Waals surface area (Å²) >= 11 is 0. The van der Waals surface area contributed by atoms with E-state index < -0.39 is 10.0 Å². The minimum atomic E-state index is -3.32. The molecule has 154 valence electrons. The van der Waals surface area contributed by atoms with Gasteiger partial charge in [-0.05, 0) is 42.7 Å². The number of ether oxygens (including phenoxy) is 2. The van der Waals surface area contributed by atoms with E-state index in [1.54, 1.807) is 46.8 Å². The number of amides is 1. The van der Waals surface area contributed by atoms with E-state index in [9.17, 15) is 13.2 Å². The van der Waals surface area contributed by atoms with Crippen LogP contribution in [-0.2, 0) is 15.8 Å². The van der Waals surface area contributed by atoms with E-state index in [0.717, 1.165) is 19.3 Å². The monoisotopic (exact) mass is 416 g/mol. The number of carbonyl (C=O) groups excluding carboxylic acids is 1. The molecule has 0 aliphatic carbocycles. The zero-order valence-corrected chi connectivity index (χ0v) is 16.9. The highest BCUT2D eigenvalue weighted by Gasteiger charge is 2.24. The van der Waals surface area contributed by atoms with Crippen molar-refractivity contribution in [3.8, 4) is 11.5 Å². The summed E-state index contributed by atoms with van der Waals surface area (Å²) in [6.07, 6.45) is 2.91. The van der Waals surface area contributed by atoms with Crippen molar-refractivity contribution in [1.82, 2.24) is 4.31 Å². The van der Waals surface area contributed by atoms with E-state index in [-0.39, 0.29) is 11.7 Å². The molecule has 29 heavy (non-hydrogen) atoms. The molecule has 0 aromatic heterocycles. The number of anilines is 1. The number of carbonyl (C=O) groups is 1. The third-order valence-electron chi connectivity index (χ3n) is 5.07. The second-order valence-electron chi connectivity index (χ2n) is 7.23. The third kappa shape index (κ3) is 4.71. The predicted molar refractivity (Wildman–Crippen MR) is 110 cm³/mol. The van der Waals surface area contributed by atoms with Crippen molar-refractivity contribution in [2.75, 3.05) is 31.6 Å². The molecule has 2 heterocycles. The largest absolute Gasteiger partial charge is 0.486 e. The van der Waals surface area contributed by atoms with Crippen molar-refractivity contribution in [2.24, 2.45) is 0 Å². The van der Waals surface area contributed by atoms with E-state index in [1.807, 2.05) is 0 Å². The van der Waals surface area contributed by atoms with E-state index in [4.69, 9.17) is 9.47 Å². The molecule has 1 amide bonds. The molecule has 2 aliphatic heterocycles. The summed E-state index contributed by atoms with van der Waals surface area (Å²) < 4.78 is 37.7. The molecular formula is C21H24N2O5S. The van der Waals surface area contributed by atoms with Gasteiger partial charge in [0.25, 0.3) is 5.91 Å². The molecular weight excluding hydrogens is 392 g/mol. The number of sulfonamides is 1. The van der Waals surface area contributed by atoms with Gasteiger partial charge in [-0.15, -0.1) is 0 Å². The number of fused-ring (bicyclic) bond motifs is 1. The van der Waals surface area contributed by atoms with E-state index in [1.165, 1.54) is 0 Å². The average Bonchev–Trinajstić information content (AvgIpc) is 2.74. The van der Waals surface area contributed by atoms with Crippen LogP contribution >= 0.6 is 0 Å².